The molecule has 0 amide bonds. The number of hydrogen-bond acceptors (Lipinski definition) is 4. The molecule has 1 aromatic heterocycles. The Kier molecular flexibility index (Phi) is 6.65. The van der Waals surface area contributed by atoms with Crippen LogP contribution in [0, 0.1) is 0 Å². The minimum absolute atomic E-state index is 0. The maximum Gasteiger partial charge on any atom is 0.243 e. The molecular weight excluding hydrogens is 250 g/mol. The molecule has 5 heteroatoms. The van der Waals surface area contributed by atoms with Crippen LogP contribution in [0.15, 0.2) is 4.52 Å². The van der Waals surface area contributed by atoms with Gasteiger partial charge >= 0.3 is 0 Å². The van der Waals surface area contributed by atoms with Crippen molar-refractivity contribution in [2.45, 2.75) is 64.3 Å². The summed E-state index contributed by atoms with van der Waals surface area (Å²) >= 11 is 0. The lowest BCUT2D eigenvalue weighted by molar-refractivity contribution is 0.330. The summed E-state index contributed by atoms with van der Waals surface area (Å²) in [4.78, 5) is 4.55. The maximum atomic E-state index is 5.35. The molecule has 1 aromatic rings. The third kappa shape index (κ3) is 3.95. The van der Waals surface area contributed by atoms with Crippen LogP contribution in [0.5, 0.6) is 0 Å². The van der Waals surface area contributed by atoms with E-state index in [9.17, 15) is 0 Å². The van der Waals surface area contributed by atoms with Gasteiger partial charge in [0, 0.05) is 5.92 Å². The van der Waals surface area contributed by atoms with E-state index in [0.29, 0.717) is 5.92 Å². The largest absolute Gasteiger partial charge is 0.338 e. The fourth-order valence-corrected chi connectivity index (χ4v) is 2.40. The smallest absolute Gasteiger partial charge is 0.243 e. The number of aromatic nitrogens is 2. The Balaban J connectivity index is 0.00000162. The van der Waals surface area contributed by atoms with Gasteiger partial charge in [-0.3, -0.25) is 0 Å². The molecule has 0 saturated heterocycles. The van der Waals surface area contributed by atoms with E-state index in [1.807, 2.05) is 0 Å². The van der Waals surface area contributed by atoms with E-state index in [1.54, 1.807) is 0 Å². The fraction of sp³-hybridized carbons (Fsp3) is 0.846. The monoisotopic (exact) mass is 273 g/mol. The lowest BCUT2D eigenvalue weighted by Gasteiger charge is -2.17. The second-order valence-corrected chi connectivity index (χ2v) is 5.00. The Hall–Kier alpha value is -0.610. The predicted molar refractivity (Wildman–Crippen MR) is 74.1 cm³/mol. The molecule has 1 N–H and O–H groups in total. The summed E-state index contributed by atoms with van der Waals surface area (Å²) in [7, 11) is 0. The van der Waals surface area contributed by atoms with E-state index in [4.69, 9.17) is 4.52 Å². The van der Waals surface area contributed by atoms with Crippen LogP contribution in [0.1, 0.15) is 76.0 Å². The van der Waals surface area contributed by atoms with Crippen molar-refractivity contribution in [1.82, 2.24) is 15.5 Å². The number of nitrogens with zero attached hydrogens (tertiary/aromatic N) is 2. The summed E-state index contributed by atoms with van der Waals surface area (Å²) in [6, 6.07) is 0.166. The van der Waals surface area contributed by atoms with Crippen LogP contribution in [0.3, 0.4) is 0 Å². The molecule has 0 radical (unpaired) electrons. The van der Waals surface area contributed by atoms with E-state index < -0.39 is 0 Å². The molecule has 18 heavy (non-hydrogen) atoms. The molecule has 2 rings (SSSR count). The van der Waals surface area contributed by atoms with Crippen molar-refractivity contribution in [3.63, 3.8) is 0 Å². The van der Waals surface area contributed by atoms with Crippen molar-refractivity contribution < 1.29 is 4.52 Å². The molecule has 0 aromatic carbocycles. The van der Waals surface area contributed by atoms with Gasteiger partial charge in [-0.15, -0.1) is 12.4 Å². The summed E-state index contributed by atoms with van der Waals surface area (Å²) in [6.07, 6.45) is 7.52. The number of rotatable bonds is 5. The molecule has 1 heterocycles. The third-order valence-corrected chi connectivity index (χ3v) is 3.50. The number of nitrogens with one attached hydrogen (secondary N) is 1. The summed E-state index contributed by atoms with van der Waals surface area (Å²) in [5.74, 6) is 2.18. The van der Waals surface area contributed by atoms with Crippen molar-refractivity contribution >= 4 is 12.4 Å². The number of hydrogen-bond donors (Lipinski definition) is 1. The van der Waals surface area contributed by atoms with Gasteiger partial charge in [-0.25, -0.2) is 0 Å². The average Bonchev–Trinajstić information content (AvgIpc) is 2.86. The van der Waals surface area contributed by atoms with Crippen molar-refractivity contribution in [1.29, 1.82) is 0 Å². The first-order valence-electron chi connectivity index (χ1n) is 6.88. The summed E-state index contributed by atoms with van der Waals surface area (Å²) in [5, 5.41) is 7.51. The Morgan fingerprint density at radius 2 is 2.06 bits per heavy atom. The second kappa shape index (κ2) is 7.74. The molecule has 1 unspecified atom stereocenters. The summed E-state index contributed by atoms with van der Waals surface area (Å²) < 4.78 is 5.35. The molecule has 1 atom stereocenters. The van der Waals surface area contributed by atoms with E-state index in [-0.39, 0.29) is 18.4 Å². The average molecular weight is 274 g/mol. The van der Waals surface area contributed by atoms with Crippen LogP contribution >= 0.6 is 12.4 Å². The van der Waals surface area contributed by atoms with Crippen LogP contribution < -0.4 is 5.32 Å². The van der Waals surface area contributed by atoms with Gasteiger partial charge in [-0.05, 0) is 32.7 Å². The quantitative estimate of drug-likeness (QED) is 0.891. The Morgan fingerprint density at radius 3 is 2.72 bits per heavy atom. The molecule has 0 spiro atoms. The Bertz CT molecular complexity index is 337. The molecule has 1 fully saturated rings. The van der Waals surface area contributed by atoms with Gasteiger partial charge in [-0.1, -0.05) is 31.3 Å². The zero-order chi connectivity index (χ0) is 12.1. The highest BCUT2D eigenvalue weighted by Crippen LogP contribution is 2.31. The normalized spacial score (nSPS) is 18.3. The van der Waals surface area contributed by atoms with Gasteiger partial charge < -0.3 is 9.84 Å². The zero-order valence-corrected chi connectivity index (χ0v) is 12.1. The third-order valence-electron chi connectivity index (χ3n) is 3.50. The molecule has 4 nitrogen and oxygen atoms in total. The highest BCUT2D eigenvalue weighted by Gasteiger charge is 2.22. The predicted octanol–water partition coefficient (Wildman–Crippen LogP) is 3.60. The minimum atomic E-state index is 0. The molecule has 0 bridgehead atoms. The SMILES string of the molecule is CCCNC(C)c1nc(C2CCCCC2)no1.Cl. The lowest BCUT2D eigenvalue weighted by atomic mass is 9.89. The topological polar surface area (TPSA) is 51.0 Å². The zero-order valence-electron chi connectivity index (χ0n) is 11.3. The van der Waals surface area contributed by atoms with Crippen molar-refractivity contribution in [3.05, 3.63) is 11.7 Å². The summed E-state index contributed by atoms with van der Waals surface area (Å²) in [5.41, 5.74) is 0. The molecule has 1 saturated carbocycles. The summed E-state index contributed by atoms with van der Waals surface area (Å²) in [6.45, 7) is 5.22. The van der Waals surface area contributed by atoms with Gasteiger partial charge in [0.15, 0.2) is 5.82 Å². The lowest BCUT2D eigenvalue weighted by Crippen LogP contribution is -2.19. The Labute approximate surface area is 115 Å². The van der Waals surface area contributed by atoms with Crippen LogP contribution in [0.2, 0.25) is 0 Å². The van der Waals surface area contributed by atoms with Gasteiger partial charge in [-0.2, -0.15) is 4.98 Å². The van der Waals surface area contributed by atoms with Crippen molar-refractivity contribution in [2.24, 2.45) is 0 Å². The van der Waals surface area contributed by atoms with E-state index in [0.717, 1.165) is 24.7 Å². The van der Waals surface area contributed by atoms with Crippen molar-refractivity contribution in [3.8, 4) is 0 Å². The highest BCUT2D eigenvalue weighted by atomic mass is 35.5. The highest BCUT2D eigenvalue weighted by molar-refractivity contribution is 5.85. The molecule has 0 aliphatic heterocycles. The van der Waals surface area contributed by atoms with Gasteiger partial charge in [0.1, 0.15) is 0 Å². The van der Waals surface area contributed by atoms with Crippen LogP contribution in [0.25, 0.3) is 0 Å². The first kappa shape index (κ1) is 15.4. The number of halogens is 1. The molecule has 1 aliphatic rings. The molecule has 104 valence electrons. The van der Waals surface area contributed by atoms with Gasteiger partial charge in [0.2, 0.25) is 5.89 Å². The standard InChI is InChI=1S/C13H23N3O.ClH/c1-3-9-14-10(2)13-15-12(16-17-13)11-7-5-4-6-8-11;/h10-11,14H,3-9H2,1-2H3;1H. The maximum absolute atomic E-state index is 5.35. The second-order valence-electron chi connectivity index (χ2n) is 5.00. The Morgan fingerprint density at radius 1 is 1.33 bits per heavy atom. The first-order chi connectivity index (χ1) is 8.31. The van der Waals surface area contributed by atoms with E-state index in [1.165, 1.54) is 32.1 Å². The van der Waals surface area contributed by atoms with Crippen LogP contribution in [-0.4, -0.2) is 16.7 Å². The molecular formula is C13H24ClN3O. The molecule has 1 aliphatic carbocycles. The van der Waals surface area contributed by atoms with E-state index >= 15 is 0 Å². The minimum Gasteiger partial charge on any atom is -0.338 e. The fourth-order valence-electron chi connectivity index (χ4n) is 2.40. The van der Waals surface area contributed by atoms with Crippen LogP contribution in [-0.2, 0) is 0 Å². The first-order valence-corrected chi connectivity index (χ1v) is 6.88. The van der Waals surface area contributed by atoms with Crippen molar-refractivity contribution in [2.75, 3.05) is 6.54 Å². The van der Waals surface area contributed by atoms with Gasteiger partial charge in [0.25, 0.3) is 0 Å². The van der Waals surface area contributed by atoms with E-state index in [2.05, 4.69) is 29.3 Å². The van der Waals surface area contributed by atoms with Crippen LogP contribution in [0.4, 0.5) is 0 Å². The van der Waals surface area contributed by atoms with Gasteiger partial charge in [0.05, 0.1) is 6.04 Å².